The number of nitrogens with zero attached hydrogens (tertiary/aromatic N) is 2. The van der Waals surface area contributed by atoms with Crippen molar-refractivity contribution in [1.29, 1.82) is 0 Å². The monoisotopic (exact) mass is 254 g/mol. The first kappa shape index (κ1) is 11.5. The molecule has 0 atom stereocenters. The van der Waals surface area contributed by atoms with Gasteiger partial charge in [-0.05, 0) is 18.2 Å². The van der Waals surface area contributed by atoms with Crippen LogP contribution in [0.15, 0.2) is 24.5 Å². The molecule has 0 fully saturated rings. The Morgan fingerprint density at radius 2 is 2.35 bits per heavy atom. The molecule has 0 saturated carbocycles. The normalized spacial score (nSPS) is 10.2. The van der Waals surface area contributed by atoms with Crippen LogP contribution >= 0.6 is 11.6 Å². The van der Waals surface area contributed by atoms with Gasteiger partial charge < -0.3 is 5.32 Å². The Hall–Kier alpha value is -1.95. The summed E-state index contributed by atoms with van der Waals surface area (Å²) >= 11 is 5.69. The predicted octanol–water partition coefficient (Wildman–Crippen LogP) is 1.53. The third-order valence-corrected chi connectivity index (χ3v) is 2.29. The third kappa shape index (κ3) is 2.79. The topological polar surface area (TPSA) is 70.7 Å². The molecule has 1 amide bonds. The maximum Gasteiger partial charge on any atom is 0.254 e. The highest BCUT2D eigenvalue weighted by Gasteiger charge is 2.12. The number of H-pyrrole nitrogens is 1. The lowest BCUT2D eigenvalue weighted by molar-refractivity contribution is 0.0946. The van der Waals surface area contributed by atoms with Crippen LogP contribution in [0.25, 0.3) is 0 Å². The van der Waals surface area contributed by atoms with Gasteiger partial charge in [0.2, 0.25) is 0 Å². The molecule has 7 heteroatoms. The van der Waals surface area contributed by atoms with Crippen molar-refractivity contribution in [3.05, 3.63) is 46.8 Å². The summed E-state index contributed by atoms with van der Waals surface area (Å²) < 4.78 is 13.3. The Labute approximate surface area is 101 Å². The van der Waals surface area contributed by atoms with E-state index in [1.807, 2.05) is 0 Å². The smallest absolute Gasteiger partial charge is 0.254 e. The molecular weight excluding hydrogens is 247 g/mol. The molecule has 2 rings (SSSR count). The van der Waals surface area contributed by atoms with Crippen LogP contribution < -0.4 is 5.32 Å². The van der Waals surface area contributed by atoms with Crippen LogP contribution in [0.2, 0.25) is 5.02 Å². The van der Waals surface area contributed by atoms with Gasteiger partial charge in [0, 0.05) is 5.02 Å². The van der Waals surface area contributed by atoms with Crippen molar-refractivity contribution >= 4 is 17.5 Å². The molecule has 2 aromatic rings. The van der Waals surface area contributed by atoms with Crippen molar-refractivity contribution in [2.75, 3.05) is 0 Å². The number of rotatable bonds is 3. The fraction of sp³-hybridized carbons (Fsp3) is 0.100. The fourth-order valence-corrected chi connectivity index (χ4v) is 1.42. The lowest BCUT2D eigenvalue weighted by Crippen LogP contribution is -2.24. The standard InChI is InChI=1S/C10H8ClFN4O/c11-6-1-2-8(12)7(3-6)10(17)13-4-9-14-5-15-16-9/h1-3,5H,4H2,(H,13,17)(H,14,15,16). The molecule has 0 saturated heterocycles. The zero-order valence-corrected chi connectivity index (χ0v) is 9.33. The molecule has 1 aromatic carbocycles. The minimum absolute atomic E-state index is 0.1000. The van der Waals surface area contributed by atoms with Crippen LogP contribution in [0.3, 0.4) is 0 Å². The van der Waals surface area contributed by atoms with Crippen molar-refractivity contribution in [2.45, 2.75) is 6.54 Å². The summed E-state index contributed by atoms with van der Waals surface area (Å²) in [4.78, 5) is 15.5. The Balaban J connectivity index is 2.07. The van der Waals surface area contributed by atoms with Gasteiger partial charge in [0.05, 0.1) is 12.1 Å². The minimum atomic E-state index is -0.621. The van der Waals surface area contributed by atoms with Crippen LogP contribution in [-0.4, -0.2) is 21.1 Å². The summed E-state index contributed by atoms with van der Waals surface area (Å²) in [6.07, 6.45) is 1.32. The molecule has 0 radical (unpaired) electrons. The zero-order valence-electron chi connectivity index (χ0n) is 8.58. The average Bonchev–Trinajstić information content (AvgIpc) is 2.82. The molecule has 1 aromatic heterocycles. The van der Waals surface area contributed by atoms with Gasteiger partial charge in [-0.15, -0.1) is 0 Å². The quantitative estimate of drug-likeness (QED) is 0.873. The van der Waals surface area contributed by atoms with E-state index in [9.17, 15) is 9.18 Å². The van der Waals surface area contributed by atoms with E-state index >= 15 is 0 Å². The number of aromatic nitrogens is 3. The summed E-state index contributed by atoms with van der Waals surface area (Å²) in [6.45, 7) is 0.144. The summed E-state index contributed by atoms with van der Waals surface area (Å²) in [5.41, 5.74) is -0.1000. The first-order valence-corrected chi connectivity index (χ1v) is 5.12. The number of amides is 1. The number of carbonyl (C=O) groups excluding carboxylic acids is 1. The van der Waals surface area contributed by atoms with Crippen LogP contribution in [0.1, 0.15) is 16.2 Å². The molecule has 0 unspecified atom stereocenters. The highest BCUT2D eigenvalue weighted by molar-refractivity contribution is 6.30. The summed E-state index contributed by atoms with van der Waals surface area (Å²) in [6, 6.07) is 3.79. The number of halogens is 2. The van der Waals surface area contributed by atoms with Crippen molar-refractivity contribution in [3.63, 3.8) is 0 Å². The molecule has 2 N–H and O–H groups in total. The molecule has 1 heterocycles. The number of aromatic amines is 1. The van der Waals surface area contributed by atoms with E-state index in [0.717, 1.165) is 6.07 Å². The molecule has 0 aliphatic carbocycles. The van der Waals surface area contributed by atoms with Crippen molar-refractivity contribution in [1.82, 2.24) is 20.5 Å². The lowest BCUT2D eigenvalue weighted by Gasteiger charge is -2.04. The Kier molecular flexibility index (Phi) is 3.34. The molecule has 88 valence electrons. The van der Waals surface area contributed by atoms with Crippen molar-refractivity contribution in [2.24, 2.45) is 0 Å². The van der Waals surface area contributed by atoms with Crippen LogP contribution in [0.5, 0.6) is 0 Å². The predicted molar refractivity (Wildman–Crippen MR) is 59.0 cm³/mol. The number of hydrogen-bond donors (Lipinski definition) is 2. The average molecular weight is 255 g/mol. The zero-order chi connectivity index (χ0) is 12.3. The Morgan fingerprint density at radius 3 is 3.06 bits per heavy atom. The Morgan fingerprint density at radius 1 is 1.53 bits per heavy atom. The van der Waals surface area contributed by atoms with E-state index in [0.29, 0.717) is 10.8 Å². The first-order valence-electron chi connectivity index (χ1n) is 4.74. The highest BCUT2D eigenvalue weighted by atomic mass is 35.5. The van der Waals surface area contributed by atoms with E-state index in [-0.39, 0.29) is 12.1 Å². The largest absolute Gasteiger partial charge is 0.345 e. The van der Waals surface area contributed by atoms with E-state index in [1.165, 1.54) is 18.5 Å². The van der Waals surface area contributed by atoms with Crippen molar-refractivity contribution in [3.8, 4) is 0 Å². The highest BCUT2D eigenvalue weighted by Crippen LogP contribution is 2.14. The molecule has 17 heavy (non-hydrogen) atoms. The van der Waals surface area contributed by atoms with Crippen LogP contribution in [-0.2, 0) is 6.54 Å². The van der Waals surface area contributed by atoms with E-state index in [2.05, 4.69) is 20.5 Å². The van der Waals surface area contributed by atoms with Gasteiger partial charge in [0.25, 0.3) is 5.91 Å². The summed E-state index contributed by atoms with van der Waals surface area (Å²) in [5.74, 6) is -0.688. The number of hydrogen-bond acceptors (Lipinski definition) is 3. The maximum absolute atomic E-state index is 13.3. The number of benzene rings is 1. The molecule has 0 aliphatic heterocycles. The Bertz CT molecular complexity index is 529. The van der Waals surface area contributed by atoms with Gasteiger partial charge in [-0.2, -0.15) is 5.10 Å². The second kappa shape index (κ2) is 4.92. The molecular formula is C10H8ClFN4O. The summed E-state index contributed by atoms with van der Waals surface area (Å²) in [5, 5.41) is 9.00. The lowest BCUT2D eigenvalue weighted by atomic mass is 10.2. The maximum atomic E-state index is 13.3. The molecule has 0 aliphatic rings. The van der Waals surface area contributed by atoms with Gasteiger partial charge in [-0.3, -0.25) is 9.89 Å². The summed E-state index contributed by atoms with van der Waals surface area (Å²) in [7, 11) is 0. The van der Waals surface area contributed by atoms with E-state index in [1.54, 1.807) is 0 Å². The van der Waals surface area contributed by atoms with Gasteiger partial charge in [0.15, 0.2) is 0 Å². The third-order valence-electron chi connectivity index (χ3n) is 2.05. The van der Waals surface area contributed by atoms with Crippen LogP contribution in [0.4, 0.5) is 4.39 Å². The van der Waals surface area contributed by atoms with Gasteiger partial charge in [-0.25, -0.2) is 9.37 Å². The molecule has 0 spiro atoms. The van der Waals surface area contributed by atoms with Gasteiger partial charge in [-0.1, -0.05) is 11.6 Å². The second-order valence-corrected chi connectivity index (χ2v) is 3.68. The number of nitrogens with one attached hydrogen (secondary N) is 2. The van der Waals surface area contributed by atoms with Gasteiger partial charge >= 0.3 is 0 Å². The van der Waals surface area contributed by atoms with E-state index in [4.69, 9.17) is 11.6 Å². The SMILES string of the molecule is O=C(NCc1ncn[nH]1)c1cc(Cl)ccc1F. The van der Waals surface area contributed by atoms with Crippen molar-refractivity contribution < 1.29 is 9.18 Å². The molecule has 5 nitrogen and oxygen atoms in total. The van der Waals surface area contributed by atoms with Gasteiger partial charge in [0.1, 0.15) is 18.0 Å². The van der Waals surface area contributed by atoms with Crippen LogP contribution in [0, 0.1) is 5.82 Å². The first-order chi connectivity index (χ1) is 8.16. The molecule has 0 bridgehead atoms. The fourth-order valence-electron chi connectivity index (χ4n) is 1.25. The van der Waals surface area contributed by atoms with E-state index < -0.39 is 11.7 Å². The number of carbonyl (C=O) groups is 1. The minimum Gasteiger partial charge on any atom is -0.345 e. The second-order valence-electron chi connectivity index (χ2n) is 3.24.